The lowest BCUT2D eigenvalue weighted by atomic mass is 10.1. The highest BCUT2D eigenvalue weighted by atomic mass is 16.3. The Morgan fingerprint density at radius 3 is 2.76 bits per heavy atom. The van der Waals surface area contributed by atoms with Crippen molar-refractivity contribution in [2.75, 3.05) is 0 Å². The first kappa shape index (κ1) is 11.8. The highest BCUT2D eigenvalue weighted by Gasteiger charge is 2.09. The first-order valence-corrected chi connectivity index (χ1v) is 5.91. The van der Waals surface area contributed by atoms with E-state index in [1.54, 1.807) is 4.68 Å². The molecule has 1 atom stereocenters. The molecule has 0 aliphatic heterocycles. The van der Waals surface area contributed by atoms with Crippen molar-refractivity contribution >= 4 is 0 Å². The Morgan fingerprint density at radius 1 is 1.29 bits per heavy atom. The van der Waals surface area contributed by atoms with Crippen LogP contribution in [0.3, 0.4) is 0 Å². The molecule has 1 unspecified atom stereocenters. The van der Waals surface area contributed by atoms with Crippen molar-refractivity contribution in [1.82, 2.24) is 15.0 Å². The van der Waals surface area contributed by atoms with E-state index in [-0.39, 0.29) is 0 Å². The summed E-state index contributed by atoms with van der Waals surface area (Å²) in [6, 6.07) is 9.60. The second-order valence-corrected chi connectivity index (χ2v) is 4.11. The number of benzene rings is 1. The molecule has 0 aliphatic rings. The van der Waals surface area contributed by atoms with Crippen molar-refractivity contribution in [3.63, 3.8) is 0 Å². The standard InChI is InChI=1S/C13H17N3O/c1-2-6-12-9-16(15-14-12)10-13(17)11-7-4-3-5-8-11/h3-5,7-9,13,17H,2,6,10H2,1H3. The van der Waals surface area contributed by atoms with Crippen molar-refractivity contribution in [1.29, 1.82) is 0 Å². The van der Waals surface area contributed by atoms with Gasteiger partial charge in [-0.1, -0.05) is 48.9 Å². The van der Waals surface area contributed by atoms with Gasteiger partial charge in [0.1, 0.15) is 0 Å². The van der Waals surface area contributed by atoms with Crippen LogP contribution in [-0.4, -0.2) is 20.1 Å². The van der Waals surface area contributed by atoms with E-state index in [0.29, 0.717) is 6.54 Å². The summed E-state index contributed by atoms with van der Waals surface area (Å²) in [7, 11) is 0. The molecule has 0 aliphatic carbocycles. The van der Waals surface area contributed by atoms with Gasteiger partial charge in [-0.2, -0.15) is 0 Å². The van der Waals surface area contributed by atoms with Crippen LogP contribution in [-0.2, 0) is 13.0 Å². The zero-order valence-electron chi connectivity index (χ0n) is 9.95. The lowest BCUT2D eigenvalue weighted by molar-refractivity contribution is 0.150. The molecule has 2 rings (SSSR count). The molecule has 90 valence electrons. The van der Waals surface area contributed by atoms with E-state index in [0.717, 1.165) is 24.1 Å². The van der Waals surface area contributed by atoms with Gasteiger partial charge >= 0.3 is 0 Å². The Kier molecular flexibility index (Phi) is 3.88. The molecule has 0 amide bonds. The average molecular weight is 231 g/mol. The van der Waals surface area contributed by atoms with Crippen LogP contribution in [0.4, 0.5) is 0 Å². The molecule has 0 spiro atoms. The van der Waals surface area contributed by atoms with E-state index in [4.69, 9.17) is 0 Å². The molecule has 0 radical (unpaired) electrons. The number of aliphatic hydroxyl groups is 1. The van der Waals surface area contributed by atoms with E-state index in [9.17, 15) is 5.11 Å². The zero-order chi connectivity index (χ0) is 12.1. The van der Waals surface area contributed by atoms with Gasteiger partial charge in [0.25, 0.3) is 0 Å². The molecular weight excluding hydrogens is 214 g/mol. The minimum Gasteiger partial charge on any atom is -0.386 e. The van der Waals surface area contributed by atoms with Gasteiger partial charge in [-0.15, -0.1) is 5.10 Å². The summed E-state index contributed by atoms with van der Waals surface area (Å²) >= 11 is 0. The molecule has 2 aromatic rings. The molecule has 4 nitrogen and oxygen atoms in total. The Morgan fingerprint density at radius 2 is 2.06 bits per heavy atom. The molecule has 4 heteroatoms. The number of rotatable bonds is 5. The van der Waals surface area contributed by atoms with E-state index in [1.165, 1.54) is 0 Å². The van der Waals surface area contributed by atoms with Gasteiger partial charge in [0.2, 0.25) is 0 Å². The minimum absolute atomic E-state index is 0.445. The Hall–Kier alpha value is -1.68. The normalized spacial score (nSPS) is 12.6. The molecule has 0 saturated heterocycles. The van der Waals surface area contributed by atoms with Crippen molar-refractivity contribution in [3.8, 4) is 0 Å². The largest absolute Gasteiger partial charge is 0.386 e. The maximum Gasteiger partial charge on any atom is 0.0986 e. The minimum atomic E-state index is -0.535. The van der Waals surface area contributed by atoms with Crippen molar-refractivity contribution in [2.45, 2.75) is 32.4 Å². The van der Waals surface area contributed by atoms with Gasteiger partial charge in [-0.25, -0.2) is 4.68 Å². The van der Waals surface area contributed by atoms with Gasteiger partial charge in [0.05, 0.1) is 18.3 Å². The van der Waals surface area contributed by atoms with E-state index in [2.05, 4.69) is 17.2 Å². The Balaban J connectivity index is 2.00. The number of aromatic nitrogens is 3. The summed E-state index contributed by atoms with van der Waals surface area (Å²) in [6.45, 7) is 2.55. The topological polar surface area (TPSA) is 50.9 Å². The van der Waals surface area contributed by atoms with E-state index < -0.39 is 6.10 Å². The number of aryl methyl sites for hydroxylation is 1. The average Bonchev–Trinajstić information content (AvgIpc) is 2.78. The fourth-order valence-electron chi connectivity index (χ4n) is 1.76. The lowest BCUT2D eigenvalue weighted by Gasteiger charge is -2.09. The fraction of sp³-hybridized carbons (Fsp3) is 0.385. The SMILES string of the molecule is CCCc1cn(CC(O)c2ccccc2)nn1. The molecule has 1 N–H and O–H groups in total. The number of nitrogens with zero attached hydrogens (tertiary/aromatic N) is 3. The molecule has 0 fully saturated rings. The molecular formula is C13H17N3O. The molecule has 1 aromatic carbocycles. The maximum atomic E-state index is 10.0. The summed E-state index contributed by atoms with van der Waals surface area (Å²) in [4.78, 5) is 0. The molecule has 1 heterocycles. The smallest absolute Gasteiger partial charge is 0.0986 e. The van der Waals surface area contributed by atoms with Crippen LogP contribution < -0.4 is 0 Å². The van der Waals surface area contributed by atoms with Crippen LogP contribution in [0, 0.1) is 0 Å². The van der Waals surface area contributed by atoms with Gasteiger partial charge < -0.3 is 5.11 Å². The number of hydrogen-bond acceptors (Lipinski definition) is 3. The monoisotopic (exact) mass is 231 g/mol. The fourth-order valence-corrected chi connectivity index (χ4v) is 1.76. The highest BCUT2D eigenvalue weighted by molar-refractivity contribution is 5.17. The molecule has 1 aromatic heterocycles. The van der Waals surface area contributed by atoms with Crippen LogP contribution >= 0.6 is 0 Å². The van der Waals surface area contributed by atoms with Crippen LogP contribution in [0.25, 0.3) is 0 Å². The molecule has 0 saturated carbocycles. The van der Waals surface area contributed by atoms with Crippen molar-refractivity contribution < 1.29 is 5.11 Å². The van der Waals surface area contributed by atoms with Crippen molar-refractivity contribution in [2.24, 2.45) is 0 Å². The predicted molar refractivity (Wildman–Crippen MR) is 65.4 cm³/mol. The third kappa shape index (κ3) is 3.14. The highest BCUT2D eigenvalue weighted by Crippen LogP contribution is 2.13. The molecule has 0 bridgehead atoms. The maximum absolute atomic E-state index is 10.0. The van der Waals surface area contributed by atoms with Gasteiger partial charge in [-0.3, -0.25) is 0 Å². The van der Waals surface area contributed by atoms with Gasteiger partial charge in [0.15, 0.2) is 0 Å². The predicted octanol–water partition coefficient (Wildman–Crippen LogP) is 1.96. The second-order valence-electron chi connectivity index (χ2n) is 4.11. The Labute approximate surface area is 101 Å². The summed E-state index contributed by atoms with van der Waals surface area (Å²) in [5.41, 5.74) is 1.88. The van der Waals surface area contributed by atoms with E-state index >= 15 is 0 Å². The lowest BCUT2D eigenvalue weighted by Crippen LogP contribution is -2.09. The van der Waals surface area contributed by atoms with Gasteiger partial charge in [-0.05, 0) is 12.0 Å². The van der Waals surface area contributed by atoms with Crippen LogP contribution in [0.5, 0.6) is 0 Å². The van der Waals surface area contributed by atoms with Crippen molar-refractivity contribution in [3.05, 3.63) is 47.8 Å². The second kappa shape index (κ2) is 5.59. The first-order valence-electron chi connectivity index (χ1n) is 5.91. The van der Waals surface area contributed by atoms with Gasteiger partial charge in [0, 0.05) is 6.20 Å². The van der Waals surface area contributed by atoms with Crippen LogP contribution in [0.15, 0.2) is 36.5 Å². The third-order valence-electron chi connectivity index (χ3n) is 2.64. The Bertz CT molecular complexity index is 453. The summed E-state index contributed by atoms with van der Waals surface area (Å²) in [5.74, 6) is 0. The summed E-state index contributed by atoms with van der Waals surface area (Å²) in [5, 5.41) is 18.1. The quantitative estimate of drug-likeness (QED) is 0.855. The zero-order valence-corrected chi connectivity index (χ0v) is 9.95. The number of aliphatic hydroxyl groups excluding tert-OH is 1. The van der Waals surface area contributed by atoms with Crippen LogP contribution in [0.1, 0.15) is 30.7 Å². The summed E-state index contributed by atoms with van der Waals surface area (Å²) < 4.78 is 1.70. The third-order valence-corrected chi connectivity index (χ3v) is 2.64. The molecule has 17 heavy (non-hydrogen) atoms. The first-order chi connectivity index (χ1) is 8.29. The number of hydrogen-bond donors (Lipinski definition) is 1. The van der Waals surface area contributed by atoms with E-state index in [1.807, 2.05) is 36.5 Å². The van der Waals surface area contributed by atoms with Crippen LogP contribution in [0.2, 0.25) is 0 Å². The summed E-state index contributed by atoms with van der Waals surface area (Å²) in [6.07, 6.45) is 3.35.